The number of alkyl halides is 1. The van der Waals surface area contributed by atoms with Gasteiger partial charge in [0.2, 0.25) is 6.30 Å². The lowest BCUT2D eigenvalue weighted by molar-refractivity contribution is 0.221. The van der Waals surface area contributed by atoms with Gasteiger partial charge in [-0.15, -0.1) is 6.58 Å². The Bertz CT molecular complexity index is 1140. The lowest BCUT2D eigenvalue weighted by atomic mass is 9.92. The number of fused-ring (bicyclic) bond motifs is 1. The zero-order chi connectivity index (χ0) is 21.4. The number of carbonyl (C=O) groups excluding carboxylic acids is 1. The molecule has 30 heavy (non-hydrogen) atoms. The summed E-state index contributed by atoms with van der Waals surface area (Å²) in [7, 11) is 0. The number of carbonyl (C=O) groups is 1. The van der Waals surface area contributed by atoms with Crippen molar-refractivity contribution in [3.05, 3.63) is 93.4 Å². The van der Waals surface area contributed by atoms with Crippen molar-refractivity contribution in [1.29, 1.82) is 0 Å². The van der Waals surface area contributed by atoms with Gasteiger partial charge >= 0.3 is 6.03 Å². The van der Waals surface area contributed by atoms with E-state index in [0.717, 1.165) is 5.56 Å². The van der Waals surface area contributed by atoms with E-state index in [2.05, 4.69) is 11.9 Å². The molecule has 3 nitrogen and oxygen atoms in total. The predicted octanol–water partition coefficient (Wildman–Crippen LogP) is 7.87. The number of urea groups is 1. The van der Waals surface area contributed by atoms with Crippen molar-refractivity contribution in [2.45, 2.75) is 12.7 Å². The second-order valence-corrected chi connectivity index (χ2v) is 7.99. The Hall–Kier alpha value is -2.53. The van der Waals surface area contributed by atoms with Crippen LogP contribution in [0, 0.1) is 0 Å². The van der Waals surface area contributed by atoms with Crippen molar-refractivity contribution in [3.8, 4) is 11.1 Å². The maximum Gasteiger partial charge on any atom is 0.329 e. The van der Waals surface area contributed by atoms with E-state index in [4.69, 9.17) is 34.8 Å². The third kappa shape index (κ3) is 3.56. The van der Waals surface area contributed by atoms with Crippen LogP contribution in [0.25, 0.3) is 11.1 Å². The molecule has 7 heteroatoms. The summed E-state index contributed by atoms with van der Waals surface area (Å²) in [5, 5.41) is 3.38. The first-order valence-corrected chi connectivity index (χ1v) is 10.3. The largest absolute Gasteiger partial charge is 0.329 e. The van der Waals surface area contributed by atoms with Crippen molar-refractivity contribution >= 4 is 52.2 Å². The number of benzene rings is 3. The zero-order valence-corrected chi connectivity index (χ0v) is 17.9. The van der Waals surface area contributed by atoms with Crippen molar-refractivity contribution in [1.82, 2.24) is 5.32 Å². The summed E-state index contributed by atoms with van der Waals surface area (Å²) in [6.07, 6.45) is 0.530. The number of rotatable bonds is 4. The van der Waals surface area contributed by atoms with Crippen LogP contribution >= 0.6 is 34.8 Å². The van der Waals surface area contributed by atoms with Crippen LogP contribution in [0.1, 0.15) is 17.4 Å². The van der Waals surface area contributed by atoms with Crippen LogP contribution in [0.4, 0.5) is 20.6 Å². The molecule has 0 bridgehead atoms. The first-order valence-electron chi connectivity index (χ1n) is 9.13. The number of nitrogens with zero attached hydrogens (tertiary/aromatic N) is 1. The van der Waals surface area contributed by atoms with E-state index in [-0.39, 0.29) is 21.3 Å². The minimum atomic E-state index is -1.73. The normalized spacial score (nSPS) is 15.5. The third-order valence-corrected chi connectivity index (χ3v) is 5.81. The van der Waals surface area contributed by atoms with Crippen LogP contribution < -0.4 is 10.2 Å². The molecule has 1 heterocycles. The first-order chi connectivity index (χ1) is 14.4. The summed E-state index contributed by atoms with van der Waals surface area (Å²) in [5.41, 5.74) is 3.00. The molecule has 0 spiro atoms. The molecule has 0 radical (unpaired) electrons. The average molecular weight is 462 g/mol. The number of para-hydroxylation sites is 1. The van der Waals surface area contributed by atoms with E-state index >= 15 is 4.39 Å². The fourth-order valence-electron chi connectivity index (χ4n) is 3.61. The number of nitrogens with one attached hydrogen (secondary N) is 1. The Morgan fingerprint density at radius 3 is 2.33 bits per heavy atom. The highest BCUT2D eigenvalue weighted by molar-refractivity contribution is 6.40. The smallest absolute Gasteiger partial charge is 0.304 e. The molecule has 152 valence electrons. The van der Waals surface area contributed by atoms with Crippen LogP contribution in [0.5, 0.6) is 0 Å². The molecule has 4 rings (SSSR count). The van der Waals surface area contributed by atoms with Crippen molar-refractivity contribution in [2.75, 3.05) is 4.90 Å². The van der Waals surface area contributed by atoms with Gasteiger partial charge in [0.15, 0.2) is 0 Å². The number of hydrogen-bond donors (Lipinski definition) is 1. The van der Waals surface area contributed by atoms with Crippen molar-refractivity contribution in [2.24, 2.45) is 0 Å². The SMILES string of the molecule is C=CCc1cc(-c2ccccc2Cl)c2c(c1)N(c1c(Cl)cccc1Cl)C(=O)NC2F. The molecule has 0 saturated carbocycles. The van der Waals surface area contributed by atoms with E-state index in [1.165, 1.54) is 4.90 Å². The predicted molar refractivity (Wildman–Crippen MR) is 122 cm³/mol. The van der Waals surface area contributed by atoms with Gasteiger partial charge in [-0.25, -0.2) is 9.18 Å². The van der Waals surface area contributed by atoms with Crippen LogP contribution in [-0.2, 0) is 6.42 Å². The molecule has 1 aliphatic heterocycles. The quantitative estimate of drug-likeness (QED) is 0.311. The summed E-state index contributed by atoms with van der Waals surface area (Å²) >= 11 is 19.2. The van der Waals surface area contributed by atoms with Crippen LogP contribution in [0.3, 0.4) is 0 Å². The van der Waals surface area contributed by atoms with E-state index in [9.17, 15) is 4.79 Å². The van der Waals surface area contributed by atoms with Gasteiger partial charge in [-0.1, -0.05) is 71.2 Å². The number of halogens is 4. The number of amides is 2. The summed E-state index contributed by atoms with van der Waals surface area (Å²) in [5.74, 6) is 0. The van der Waals surface area contributed by atoms with Gasteiger partial charge in [-0.05, 0) is 41.8 Å². The molecule has 0 aliphatic carbocycles. The van der Waals surface area contributed by atoms with Gasteiger partial charge in [-0.3, -0.25) is 4.90 Å². The van der Waals surface area contributed by atoms with Crippen molar-refractivity contribution in [3.63, 3.8) is 0 Å². The molecule has 1 atom stereocenters. The highest BCUT2D eigenvalue weighted by Crippen LogP contribution is 2.47. The summed E-state index contributed by atoms with van der Waals surface area (Å²) in [6, 6.07) is 15.1. The van der Waals surface area contributed by atoms with Crippen LogP contribution in [-0.4, -0.2) is 6.03 Å². The van der Waals surface area contributed by atoms with Gasteiger partial charge in [-0.2, -0.15) is 0 Å². The maximum absolute atomic E-state index is 15.2. The topological polar surface area (TPSA) is 32.3 Å². The molecular weight excluding hydrogens is 446 g/mol. The Kier molecular flexibility index (Phi) is 5.74. The van der Waals surface area contributed by atoms with Gasteiger partial charge in [0.25, 0.3) is 0 Å². The summed E-state index contributed by atoms with van der Waals surface area (Å²) in [6.45, 7) is 3.79. The van der Waals surface area contributed by atoms with Gasteiger partial charge < -0.3 is 5.32 Å². The second kappa shape index (κ2) is 8.31. The maximum atomic E-state index is 15.2. The van der Waals surface area contributed by atoms with E-state index in [0.29, 0.717) is 28.3 Å². The third-order valence-electron chi connectivity index (χ3n) is 4.87. The monoisotopic (exact) mass is 460 g/mol. The lowest BCUT2D eigenvalue weighted by Gasteiger charge is -2.35. The molecular formula is C23H16Cl3FN2O. The molecule has 1 N–H and O–H groups in total. The molecule has 1 unspecified atom stereocenters. The zero-order valence-electron chi connectivity index (χ0n) is 15.6. The van der Waals surface area contributed by atoms with E-state index in [1.54, 1.807) is 42.5 Å². The Morgan fingerprint density at radius 1 is 1.00 bits per heavy atom. The van der Waals surface area contributed by atoms with E-state index in [1.807, 2.05) is 18.2 Å². The molecule has 3 aromatic carbocycles. The molecule has 3 aromatic rings. The number of anilines is 2. The Labute approximate surface area is 188 Å². The minimum absolute atomic E-state index is 0.273. The molecule has 1 aliphatic rings. The van der Waals surface area contributed by atoms with Gasteiger partial charge in [0, 0.05) is 16.1 Å². The summed E-state index contributed by atoms with van der Waals surface area (Å²) in [4.78, 5) is 14.2. The van der Waals surface area contributed by atoms with Crippen molar-refractivity contribution < 1.29 is 9.18 Å². The van der Waals surface area contributed by atoms with E-state index < -0.39 is 12.3 Å². The molecule has 2 amide bonds. The standard InChI is InChI=1S/C23H16Cl3FN2O/c1-2-6-13-11-15(14-7-3-4-8-16(14)24)20-19(12-13)29(23(30)28-22(20)27)21-17(25)9-5-10-18(21)26/h2-5,7-12,22H,1,6H2,(H,28,30). The second-order valence-electron chi connectivity index (χ2n) is 6.77. The fourth-order valence-corrected chi connectivity index (χ4v) is 4.42. The molecule has 0 fully saturated rings. The highest BCUT2D eigenvalue weighted by atomic mass is 35.5. The Morgan fingerprint density at radius 2 is 1.67 bits per heavy atom. The van der Waals surface area contributed by atoms with Crippen LogP contribution in [0.15, 0.2) is 67.3 Å². The average Bonchev–Trinajstić information content (AvgIpc) is 2.70. The lowest BCUT2D eigenvalue weighted by Crippen LogP contribution is -2.43. The molecule has 0 aromatic heterocycles. The number of allylic oxidation sites excluding steroid dienone is 1. The molecule has 0 saturated heterocycles. The highest BCUT2D eigenvalue weighted by Gasteiger charge is 2.36. The van der Waals surface area contributed by atoms with Gasteiger partial charge in [0.05, 0.1) is 21.4 Å². The number of hydrogen-bond acceptors (Lipinski definition) is 1. The first kappa shape index (κ1) is 20.7. The minimum Gasteiger partial charge on any atom is -0.304 e. The van der Waals surface area contributed by atoms with Crippen LogP contribution in [0.2, 0.25) is 15.1 Å². The summed E-state index contributed by atoms with van der Waals surface area (Å²) < 4.78 is 15.2. The fraction of sp³-hybridized carbons (Fsp3) is 0.0870. The Balaban J connectivity index is 2.06. The van der Waals surface area contributed by atoms with Gasteiger partial charge in [0.1, 0.15) is 0 Å².